The van der Waals surface area contributed by atoms with Crippen molar-refractivity contribution in [2.24, 2.45) is 0 Å². The molecule has 0 spiro atoms. The second-order valence-electron chi connectivity index (χ2n) is 3.65. The summed E-state index contributed by atoms with van der Waals surface area (Å²) in [6.45, 7) is 6.43. The molecule has 1 aromatic rings. The Balaban J connectivity index is 3.03. The van der Waals surface area contributed by atoms with E-state index >= 15 is 0 Å². The molecule has 0 aromatic heterocycles. The average Bonchev–Trinajstić information content (AvgIpc) is 2.18. The van der Waals surface area contributed by atoms with Gasteiger partial charge in [-0.3, -0.25) is 4.57 Å². The SMILES string of the molecule is CCCP(=O)(OCC)c1cccc(C)c1. The van der Waals surface area contributed by atoms with Crippen LogP contribution in [0.15, 0.2) is 24.3 Å². The molecule has 0 N–H and O–H groups in total. The van der Waals surface area contributed by atoms with Crippen molar-refractivity contribution < 1.29 is 9.09 Å². The molecule has 1 aromatic carbocycles. The van der Waals surface area contributed by atoms with E-state index in [0.29, 0.717) is 12.8 Å². The minimum atomic E-state index is -2.60. The van der Waals surface area contributed by atoms with Crippen LogP contribution in [0.5, 0.6) is 0 Å². The molecule has 0 bridgehead atoms. The predicted octanol–water partition coefficient (Wildman–Crippen LogP) is 3.34. The number of benzene rings is 1. The fourth-order valence-electron chi connectivity index (χ4n) is 1.61. The highest BCUT2D eigenvalue weighted by molar-refractivity contribution is 7.67. The highest BCUT2D eigenvalue weighted by Gasteiger charge is 2.23. The molecule has 0 fully saturated rings. The predicted molar refractivity (Wildman–Crippen MR) is 65.2 cm³/mol. The summed E-state index contributed by atoms with van der Waals surface area (Å²) in [7, 11) is -2.60. The van der Waals surface area contributed by atoms with Gasteiger partial charge in [0, 0.05) is 11.5 Å². The van der Waals surface area contributed by atoms with Gasteiger partial charge in [0.05, 0.1) is 6.61 Å². The fourth-order valence-corrected chi connectivity index (χ4v) is 3.87. The third-order valence-corrected chi connectivity index (χ3v) is 5.03. The van der Waals surface area contributed by atoms with Crippen LogP contribution < -0.4 is 5.30 Å². The first-order valence-corrected chi connectivity index (χ1v) is 7.24. The summed E-state index contributed by atoms with van der Waals surface area (Å²) in [6.07, 6.45) is 1.51. The molecule has 1 atom stereocenters. The molecule has 0 aliphatic rings. The Kier molecular flexibility index (Phi) is 4.56. The Bertz CT molecular complexity index is 350. The lowest BCUT2D eigenvalue weighted by Gasteiger charge is -2.17. The largest absolute Gasteiger partial charge is 0.326 e. The fraction of sp³-hybridized carbons (Fsp3) is 0.500. The Hall–Kier alpha value is -0.590. The van der Waals surface area contributed by atoms with E-state index in [1.54, 1.807) is 0 Å². The van der Waals surface area contributed by atoms with Crippen molar-refractivity contribution in [3.05, 3.63) is 29.8 Å². The van der Waals surface area contributed by atoms with Gasteiger partial charge in [-0.15, -0.1) is 0 Å². The van der Waals surface area contributed by atoms with E-state index in [9.17, 15) is 4.57 Å². The maximum Gasteiger partial charge on any atom is 0.232 e. The van der Waals surface area contributed by atoms with Gasteiger partial charge in [-0.1, -0.05) is 24.6 Å². The molecule has 0 saturated heterocycles. The quantitative estimate of drug-likeness (QED) is 0.720. The zero-order valence-corrected chi connectivity index (χ0v) is 10.6. The Labute approximate surface area is 92.1 Å². The van der Waals surface area contributed by atoms with E-state index < -0.39 is 7.37 Å². The summed E-state index contributed by atoms with van der Waals surface area (Å²) < 4.78 is 18.0. The Morgan fingerprint density at radius 1 is 1.33 bits per heavy atom. The van der Waals surface area contributed by atoms with Gasteiger partial charge in [-0.2, -0.15) is 0 Å². The van der Waals surface area contributed by atoms with E-state index in [1.165, 1.54) is 0 Å². The first-order valence-electron chi connectivity index (χ1n) is 5.43. The van der Waals surface area contributed by atoms with E-state index in [-0.39, 0.29) is 0 Å². The maximum atomic E-state index is 12.5. The lowest BCUT2D eigenvalue weighted by Crippen LogP contribution is -2.10. The third-order valence-electron chi connectivity index (χ3n) is 2.25. The van der Waals surface area contributed by atoms with Crippen LogP contribution in [-0.4, -0.2) is 12.8 Å². The summed E-state index contributed by atoms with van der Waals surface area (Å²) in [4.78, 5) is 0. The zero-order valence-electron chi connectivity index (χ0n) is 9.69. The van der Waals surface area contributed by atoms with Crippen molar-refractivity contribution in [1.82, 2.24) is 0 Å². The third kappa shape index (κ3) is 3.19. The second kappa shape index (κ2) is 5.48. The molecule has 1 rings (SSSR count). The highest BCUT2D eigenvalue weighted by atomic mass is 31.2. The molecule has 0 amide bonds. The van der Waals surface area contributed by atoms with Crippen molar-refractivity contribution in [1.29, 1.82) is 0 Å². The summed E-state index contributed by atoms with van der Waals surface area (Å²) in [5.41, 5.74) is 1.13. The lowest BCUT2D eigenvalue weighted by atomic mass is 10.2. The molecule has 0 heterocycles. The van der Waals surface area contributed by atoms with Crippen LogP contribution in [0.3, 0.4) is 0 Å². The van der Waals surface area contributed by atoms with Gasteiger partial charge in [-0.25, -0.2) is 0 Å². The van der Waals surface area contributed by atoms with Crippen molar-refractivity contribution >= 4 is 12.7 Å². The second-order valence-corrected chi connectivity index (χ2v) is 6.22. The van der Waals surface area contributed by atoms with Crippen LogP contribution in [-0.2, 0) is 9.09 Å². The van der Waals surface area contributed by atoms with E-state index in [2.05, 4.69) is 0 Å². The maximum absolute atomic E-state index is 12.5. The number of hydrogen-bond acceptors (Lipinski definition) is 2. The van der Waals surface area contributed by atoms with Gasteiger partial charge in [0.2, 0.25) is 7.37 Å². The van der Waals surface area contributed by atoms with Crippen LogP contribution in [0.2, 0.25) is 0 Å². The molecule has 15 heavy (non-hydrogen) atoms. The summed E-state index contributed by atoms with van der Waals surface area (Å²) in [6, 6.07) is 7.81. The van der Waals surface area contributed by atoms with Gasteiger partial charge in [0.15, 0.2) is 0 Å². The van der Waals surface area contributed by atoms with Gasteiger partial charge in [0.1, 0.15) is 0 Å². The molecular formula is C12H19O2P. The summed E-state index contributed by atoms with van der Waals surface area (Å²) in [5.74, 6) is 0. The molecule has 2 nitrogen and oxygen atoms in total. The van der Waals surface area contributed by atoms with Gasteiger partial charge < -0.3 is 4.52 Å². The smallest absolute Gasteiger partial charge is 0.232 e. The molecule has 0 saturated carbocycles. The van der Waals surface area contributed by atoms with Crippen LogP contribution in [0.25, 0.3) is 0 Å². The van der Waals surface area contributed by atoms with Crippen molar-refractivity contribution in [2.45, 2.75) is 27.2 Å². The van der Waals surface area contributed by atoms with Crippen molar-refractivity contribution in [3.63, 3.8) is 0 Å². The monoisotopic (exact) mass is 226 g/mol. The Morgan fingerprint density at radius 2 is 2.07 bits per heavy atom. The van der Waals surface area contributed by atoms with E-state index in [0.717, 1.165) is 17.3 Å². The van der Waals surface area contributed by atoms with Crippen LogP contribution >= 0.6 is 7.37 Å². The minimum absolute atomic E-state index is 0.505. The average molecular weight is 226 g/mol. The van der Waals surface area contributed by atoms with E-state index in [4.69, 9.17) is 4.52 Å². The molecular weight excluding hydrogens is 207 g/mol. The molecule has 84 valence electrons. The first-order chi connectivity index (χ1) is 7.12. The first kappa shape index (κ1) is 12.5. The molecule has 0 aliphatic carbocycles. The highest BCUT2D eigenvalue weighted by Crippen LogP contribution is 2.46. The topological polar surface area (TPSA) is 26.3 Å². The van der Waals surface area contributed by atoms with Gasteiger partial charge in [0.25, 0.3) is 0 Å². The molecule has 0 aliphatic heterocycles. The molecule has 3 heteroatoms. The molecule has 0 radical (unpaired) electrons. The van der Waals surface area contributed by atoms with Crippen molar-refractivity contribution in [2.75, 3.05) is 12.8 Å². The van der Waals surface area contributed by atoms with Crippen LogP contribution in [0.4, 0.5) is 0 Å². The van der Waals surface area contributed by atoms with Gasteiger partial charge >= 0.3 is 0 Å². The minimum Gasteiger partial charge on any atom is -0.326 e. The lowest BCUT2D eigenvalue weighted by molar-refractivity contribution is 0.340. The number of hydrogen-bond donors (Lipinski definition) is 0. The number of rotatable bonds is 5. The van der Waals surface area contributed by atoms with Crippen LogP contribution in [0, 0.1) is 6.92 Å². The summed E-state index contributed by atoms with van der Waals surface area (Å²) in [5, 5.41) is 0.853. The van der Waals surface area contributed by atoms with Crippen molar-refractivity contribution in [3.8, 4) is 0 Å². The summed E-state index contributed by atoms with van der Waals surface area (Å²) >= 11 is 0. The number of aryl methyl sites for hydroxylation is 1. The Morgan fingerprint density at radius 3 is 2.60 bits per heavy atom. The molecule has 1 unspecified atom stereocenters. The normalized spacial score (nSPS) is 14.9. The van der Waals surface area contributed by atoms with Gasteiger partial charge in [-0.05, 0) is 32.4 Å². The van der Waals surface area contributed by atoms with E-state index in [1.807, 2.05) is 45.0 Å². The van der Waals surface area contributed by atoms with Crippen LogP contribution in [0.1, 0.15) is 25.8 Å². The zero-order chi connectivity index (χ0) is 11.3. The standard InChI is InChI=1S/C12H19O2P/c1-4-9-15(13,14-5-2)12-8-6-7-11(3)10-12/h6-8,10H,4-5,9H2,1-3H3.